The average Bonchev–Trinajstić information content (AvgIpc) is 3.36. The summed E-state index contributed by atoms with van der Waals surface area (Å²) in [6, 6.07) is 3.92. The van der Waals surface area contributed by atoms with Crippen molar-refractivity contribution in [2.75, 3.05) is 37.7 Å². The Bertz CT molecular complexity index is 721. The monoisotopic (exact) mass is 346 g/mol. The van der Waals surface area contributed by atoms with E-state index in [0.29, 0.717) is 24.2 Å². The molecule has 2 aliphatic heterocycles. The van der Waals surface area contributed by atoms with E-state index in [1.165, 1.54) is 6.26 Å². The number of carbonyl (C=O) groups excluding carboxylic acids is 1. The fraction of sp³-hybridized carbons (Fsp3) is 0.588. The second-order valence-corrected chi connectivity index (χ2v) is 6.85. The highest BCUT2D eigenvalue weighted by atomic mass is 16.5. The first-order chi connectivity index (χ1) is 12.2. The predicted molar refractivity (Wildman–Crippen MR) is 88.3 cm³/mol. The van der Waals surface area contributed by atoms with Crippen molar-refractivity contribution in [2.24, 2.45) is 11.3 Å². The van der Waals surface area contributed by atoms with Crippen molar-refractivity contribution in [1.82, 2.24) is 15.5 Å². The Labute approximate surface area is 145 Å². The van der Waals surface area contributed by atoms with E-state index >= 15 is 0 Å². The van der Waals surface area contributed by atoms with Crippen molar-refractivity contribution in [2.45, 2.75) is 19.8 Å². The third-order valence-corrected chi connectivity index (χ3v) is 5.36. The van der Waals surface area contributed by atoms with E-state index in [1.807, 2.05) is 0 Å². The summed E-state index contributed by atoms with van der Waals surface area (Å²) in [5.41, 5.74) is 0.0992. The Morgan fingerprint density at radius 3 is 3.04 bits per heavy atom. The predicted octanol–water partition coefficient (Wildman–Crippen LogP) is 1.63. The maximum absolute atomic E-state index is 12.2. The van der Waals surface area contributed by atoms with Crippen LogP contribution in [0.3, 0.4) is 0 Å². The number of aryl methyl sites for hydroxylation is 1. The Morgan fingerprint density at radius 2 is 2.36 bits per heavy atom. The maximum atomic E-state index is 12.2. The molecule has 0 aromatic carbocycles. The molecule has 25 heavy (non-hydrogen) atoms. The largest absolute Gasteiger partial charge is 0.459 e. The van der Waals surface area contributed by atoms with E-state index in [4.69, 9.17) is 13.6 Å². The lowest BCUT2D eigenvalue weighted by molar-refractivity contribution is 0.0754. The number of amides is 1. The molecule has 2 aromatic heterocycles. The number of ether oxygens (including phenoxy) is 1. The van der Waals surface area contributed by atoms with Crippen LogP contribution in [0, 0.1) is 18.3 Å². The minimum absolute atomic E-state index is 0.0992. The number of nitrogens with one attached hydrogen (secondary N) is 1. The van der Waals surface area contributed by atoms with E-state index in [-0.39, 0.29) is 17.2 Å². The number of rotatable bonds is 4. The normalized spacial score (nSPS) is 26.3. The Morgan fingerprint density at radius 1 is 1.44 bits per heavy atom. The summed E-state index contributed by atoms with van der Waals surface area (Å²) < 4.78 is 16.4. The Balaban J connectivity index is 1.47. The van der Waals surface area contributed by atoms with Crippen molar-refractivity contribution in [3.63, 3.8) is 0 Å². The average molecular weight is 346 g/mol. The zero-order chi connectivity index (χ0) is 17.3. The van der Waals surface area contributed by atoms with Crippen LogP contribution in [0.1, 0.15) is 29.3 Å². The highest BCUT2D eigenvalue weighted by Gasteiger charge is 2.46. The fourth-order valence-electron chi connectivity index (χ4n) is 3.83. The molecule has 0 radical (unpaired) electrons. The molecule has 1 N–H and O–H groups in total. The summed E-state index contributed by atoms with van der Waals surface area (Å²) in [5, 5.41) is 11.1. The molecule has 0 aliphatic carbocycles. The smallest absolute Gasteiger partial charge is 0.318 e. The molecule has 4 heterocycles. The SMILES string of the molecule is Cc1nnc(N2CCC3(CCOC3)C(CNC(=O)c3ccco3)C2)o1. The van der Waals surface area contributed by atoms with Crippen molar-refractivity contribution in [3.8, 4) is 0 Å². The highest BCUT2D eigenvalue weighted by molar-refractivity contribution is 5.91. The number of nitrogens with zero attached hydrogens (tertiary/aromatic N) is 3. The highest BCUT2D eigenvalue weighted by Crippen LogP contribution is 2.43. The summed E-state index contributed by atoms with van der Waals surface area (Å²) in [5.74, 6) is 0.943. The summed E-state index contributed by atoms with van der Waals surface area (Å²) in [4.78, 5) is 14.3. The van der Waals surface area contributed by atoms with Gasteiger partial charge in [0.05, 0.1) is 12.9 Å². The Hall–Kier alpha value is -2.35. The van der Waals surface area contributed by atoms with Crippen LogP contribution in [0.15, 0.2) is 27.2 Å². The van der Waals surface area contributed by atoms with Crippen LogP contribution in [0.5, 0.6) is 0 Å². The van der Waals surface area contributed by atoms with Crippen LogP contribution >= 0.6 is 0 Å². The van der Waals surface area contributed by atoms with Crippen LogP contribution in [0.25, 0.3) is 0 Å². The van der Waals surface area contributed by atoms with Crippen LogP contribution < -0.4 is 10.2 Å². The molecule has 4 rings (SSSR count). The first kappa shape index (κ1) is 16.1. The van der Waals surface area contributed by atoms with Crippen molar-refractivity contribution in [3.05, 3.63) is 30.0 Å². The number of furan rings is 1. The third-order valence-electron chi connectivity index (χ3n) is 5.36. The van der Waals surface area contributed by atoms with Gasteiger partial charge in [0.15, 0.2) is 5.76 Å². The van der Waals surface area contributed by atoms with E-state index in [0.717, 1.165) is 39.1 Å². The first-order valence-corrected chi connectivity index (χ1v) is 8.61. The Kier molecular flexibility index (Phi) is 4.20. The van der Waals surface area contributed by atoms with Gasteiger partial charge in [-0.2, -0.15) is 0 Å². The molecule has 8 heteroatoms. The molecule has 1 amide bonds. The molecule has 0 bridgehead atoms. The summed E-state index contributed by atoms with van der Waals surface area (Å²) in [7, 11) is 0. The summed E-state index contributed by atoms with van der Waals surface area (Å²) in [6.07, 6.45) is 3.50. The topological polar surface area (TPSA) is 93.6 Å². The van der Waals surface area contributed by atoms with E-state index in [2.05, 4.69) is 20.4 Å². The lowest BCUT2D eigenvalue weighted by Crippen LogP contribution is -2.52. The number of aromatic nitrogens is 2. The number of piperidine rings is 1. The van der Waals surface area contributed by atoms with Gasteiger partial charge >= 0.3 is 6.01 Å². The van der Waals surface area contributed by atoms with Crippen LogP contribution in [0.4, 0.5) is 6.01 Å². The minimum Gasteiger partial charge on any atom is -0.459 e. The van der Waals surface area contributed by atoms with Crippen molar-refractivity contribution >= 4 is 11.9 Å². The zero-order valence-electron chi connectivity index (χ0n) is 14.2. The minimum atomic E-state index is -0.190. The van der Waals surface area contributed by atoms with Gasteiger partial charge in [0.1, 0.15) is 0 Å². The van der Waals surface area contributed by atoms with Gasteiger partial charge in [-0.05, 0) is 25.0 Å². The number of anilines is 1. The van der Waals surface area contributed by atoms with E-state index in [9.17, 15) is 4.79 Å². The lowest BCUT2D eigenvalue weighted by atomic mass is 9.69. The van der Waals surface area contributed by atoms with Crippen LogP contribution in [-0.4, -0.2) is 49.0 Å². The van der Waals surface area contributed by atoms with Crippen LogP contribution in [-0.2, 0) is 4.74 Å². The number of carbonyl (C=O) groups is 1. The standard InChI is InChI=1S/C17H22N4O4/c1-12-19-20-16(25-12)21-6-4-17(5-8-23-11-17)13(10-21)9-18-15(22)14-3-2-7-24-14/h2-3,7,13H,4-6,8-11H2,1H3,(H,18,22). The molecular weight excluding hydrogens is 324 g/mol. The lowest BCUT2D eigenvalue weighted by Gasteiger charge is -2.44. The molecule has 8 nitrogen and oxygen atoms in total. The van der Waals surface area contributed by atoms with Gasteiger partial charge in [-0.15, -0.1) is 5.10 Å². The van der Waals surface area contributed by atoms with Gasteiger partial charge in [0, 0.05) is 44.5 Å². The fourth-order valence-corrected chi connectivity index (χ4v) is 3.83. The molecule has 2 aromatic rings. The van der Waals surface area contributed by atoms with Crippen molar-refractivity contribution < 1.29 is 18.4 Å². The molecule has 2 fully saturated rings. The van der Waals surface area contributed by atoms with E-state index < -0.39 is 0 Å². The molecule has 134 valence electrons. The maximum Gasteiger partial charge on any atom is 0.318 e. The van der Waals surface area contributed by atoms with Gasteiger partial charge in [0.25, 0.3) is 5.91 Å². The molecule has 2 atom stereocenters. The van der Waals surface area contributed by atoms with Gasteiger partial charge in [-0.1, -0.05) is 5.10 Å². The summed E-state index contributed by atoms with van der Waals surface area (Å²) in [6.45, 7) is 5.48. The van der Waals surface area contributed by atoms with Gasteiger partial charge in [0.2, 0.25) is 5.89 Å². The summed E-state index contributed by atoms with van der Waals surface area (Å²) >= 11 is 0. The molecule has 2 aliphatic rings. The number of hydrogen-bond acceptors (Lipinski definition) is 7. The molecule has 1 spiro atoms. The third kappa shape index (κ3) is 3.13. The van der Waals surface area contributed by atoms with Gasteiger partial charge < -0.3 is 23.8 Å². The van der Waals surface area contributed by atoms with Gasteiger partial charge in [-0.3, -0.25) is 4.79 Å². The van der Waals surface area contributed by atoms with Crippen LogP contribution in [0.2, 0.25) is 0 Å². The first-order valence-electron chi connectivity index (χ1n) is 8.61. The molecular formula is C17H22N4O4. The van der Waals surface area contributed by atoms with Gasteiger partial charge in [-0.25, -0.2) is 0 Å². The molecule has 2 unspecified atom stereocenters. The quantitative estimate of drug-likeness (QED) is 0.899. The van der Waals surface area contributed by atoms with Crippen molar-refractivity contribution in [1.29, 1.82) is 0 Å². The number of hydrogen-bond donors (Lipinski definition) is 1. The van der Waals surface area contributed by atoms with E-state index in [1.54, 1.807) is 19.1 Å². The second-order valence-electron chi connectivity index (χ2n) is 6.85. The zero-order valence-corrected chi connectivity index (χ0v) is 14.2. The molecule has 2 saturated heterocycles. The second kappa shape index (κ2) is 6.51. The molecule has 0 saturated carbocycles.